The van der Waals surface area contributed by atoms with E-state index in [1.165, 1.54) is 17.0 Å². The number of benzene rings is 3. The molecule has 0 aromatic heterocycles. The van der Waals surface area contributed by atoms with Crippen LogP contribution in [0.4, 0.5) is 5.69 Å². The Morgan fingerprint density at radius 2 is 1.62 bits per heavy atom. The van der Waals surface area contributed by atoms with Gasteiger partial charge in [-0.05, 0) is 49.2 Å². The van der Waals surface area contributed by atoms with Crippen LogP contribution in [0.25, 0.3) is 0 Å². The standard InChI is InChI=1S/C29H32ClN3O6S/c1-3-25(29(35)31-4-2)32(19-21-10-8-9-13-24(21)30)28(34)20-33(40(36,37)23-11-6-5-7-12-23)22-14-15-26-27(18-22)39-17-16-38-26/h5-15,18,25H,3-4,16-17,19-20H2,1-2H3,(H,31,35). The molecule has 0 bridgehead atoms. The zero-order chi connectivity index (χ0) is 28.7. The highest BCUT2D eigenvalue weighted by Crippen LogP contribution is 2.36. The molecule has 40 heavy (non-hydrogen) atoms. The summed E-state index contributed by atoms with van der Waals surface area (Å²) >= 11 is 6.41. The van der Waals surface area contributed by atoms with E-state index in [9.17, 15) is 18.0 Å². The number of carbonyl (C=O) groups excluding carboxylic acids is 2. The fourth-order valence-corrected chi connectivity index (χ4v) is 6.08. The van der Waals surface area contributed by atoms with Crippen molar-refractivity contribution in [3.8, 4) is 11.5 Å². The number of rotatable bonds is 11. The first-order valence-electron chi connectivity index (χ1n) is 13.0. The Bertz CT molecular complexity index is 1450. The van der Waals surface area contributed by atoms with Gasteiger partial charge in [0.15, 0.2) is 11.5 Å². The number of carbonyl (C=O) groups is 2. The number of ether oxygens (including phenoxy) is 2. The summed E-state index contributed by atoms with van der Waals surface area (Å²) in [5.74, 6) is -0.0261. The van der Waals surface area contributed by atoms with Gasteiger partial charge in [-0.1, -0.05) is 54.9 Å². The van der Waals surface area contributed by atoms with Gasteiger partial charge in [0.2, 0.25) is 11.8 Å². The molecule has 3 aromatic carbocycles. The van der Waals surface area contributed by atoms with Crippen LogP contribution in [0.2, 0.25) is 5.02 Å². The summed E-state index contributed by atoms with van der Waals surface area (Å²) in [7, 11) is -4.19. The third-order valence-electron chi connectivity index (χ3n) is 6.46. The van der Waals surface area contributed by atoms with Gasteiger partial charge in [0.05, 0.1) is 10.6 Å². The van der Waals surface area contributed by atoms with Gasteiger partial charge >= 0.3 is 0 Å². The molecule has 0 aliphatic carbocycles. The van der Waals surface area contributed by atoms with E-state index in [0.717, 1.165) is 4.31 Å². The minimum absolute atomic E-state index is 0.0195. The molecule has 3 aromatic rings. The quantitative estimate of drug-likeness (QED) is 0.361. The van der Waals surface area contributed by atoms with Crippen molar-refractivity contribution in [2.45, 2.75) is 37.8 Å². The van der Waals surface area contributed by atoms with Crippen LogP contribution in [0, 0.1) is 0 Å². The Balaban J connectivity index is 1.76. The average Bonchev–Trinajstić information content (AvgIpc) is 2.97. The van der Waals surface area contributed by atoms with Gasteiger partial charge in [0.25, 0.3) is 10.0 Å². The van der Waals surface area contributed by atoms with Crippen LogP contribution < -0.4 is 19.1 Å². The molecule has 11 heteroatoms. The topological polar surface area (TPSA) is 105 Å². The van der Waals surface area contributed by atoms with E-state index in [1.54, 1.807) is 74.5 Å². The highest BCUT2D eigenvalue weighted by Gasteiger charge is 2.34. The maximum absolute atomic E-state index is 14.1. The molecule has 1 N–H and O–H groups in total. The van der Waals surface area contributed by atoms with Gasteiger partial charge < -0.3 is 19.7 Å². The second-order valence-corrected chi connectivity index (χ2v) is 11.4. The van der Waals surface area contributed by atoms with Crippen LogP contribution in [0.1, 0.15) is 25.8 Å². The summed E-state index contributed by atoms with van der Waals surface area (Å²) in [4.78, 5) is 28.5. The maximum Gasteiger partial charge on any atom is 0.264 e. The lowest BCUT2D eigenvalue weighted by molar-refractivity contribution is -0.140. The number of amides is 2. The number of nitrogens with zero attached hydrogens (tertiary/aromatic N) is 2. The molecule has 0 saturated heterocycles. The first-order chi connectivity index (χ1) is 19.3. The van der Waals surface area contributed by atoms with Crippen molar-refractivity contribution < 1.29 is 27.5 Å². The summed E-state index contributed by atoms with van der Waals surface area (Å²) in [5, 5.41) is 3.22. The third kappa shape index (κ3) is 6.51. The normalized spacial score (nSPS) is 13.3. The van der Waals surface area contributed by atoms with E-state index in [1.807, 2.05) is 0 Å². The van der Waals surface area contributed by atoms with E-state index in [4.69, 9.17) is 21.1 Å². The van der Waals surface area contributed by atoms with Gasteiger partial charge in [-0.25, -0.2) is 8.42 Å². The monoisotopic (exact) mass is 585 g/mol. The average molecular weight is 586 g/mol. The lowest BCUT2D eigenvalue weighted by Crippen LogP contribution is -2.52. The first-order valence-corrected chi connectivity index (χ1v) is 14.9. The predicted molar refractivity (Wildman–Crippen MR) is 153 cm³/mol. The molecule has 0 radical (unpaired) electrons. The fourth-order valence-electron chi connectivity index (χ4n) is 4.46. The van der Waals surface area contributed by atoms with Crippen LogP contribution >= 0.6 is 11.6 Å². The van der Waals surface area contributed by atoms with E-state index < -0.39 is 28.5 Å². The summed E-state index contributed by atoms with van der Waals surface area (Å²) in [6, 6.07) is 18.8. The Kier molecular flexibility index (Phi) is 9.54. The Morgan fingerprint density at radius 3 is 2.30 bits per heavy atom. The second kappa shape index (κ2) is 13.1. The summed E-state index contributed by atoms with van der Waals surface area (Å²) in [5.41, 5.74) is 0.863. The molecular formula is C29H32ClN3O6S. The molecule has 1 atom stereocenters. The molecule has 0 fully saturated rings. The van der Waals surface area contributed by atoms with Gasteiger partial charge in [-0.3, -0.25) is 13.9 Å². The minimum atomic E-state index is -4.19. The largest absolute Gasteiger partial charge is 0.486 e. The summed E-state index contributed by atoms with van der Waals surface area (Å²) in [6.07, 6.45) is 0.317. The molecule has 0 spiro atoms. The third-order valence-corrected chi connectivity index (χ3v) is 8.62. The van der Waals surface area contributed by atoms with Crippen LogP contribution in [0.3, 0.4) is 0 Å². The van der Waals surface area contributed by atoms with E-state index >= 15 is 0 Å². The molecule has 9 nitrogen and oxygen atoms in total. The Hall–Kier alpha value is -3.76. The zero-order valence-electron chi connectivity index (χ0n) is 22.4. The van der Waals surface area contributed by atoms with Crippen LogP contribution in [0.15, 0.2) is 77.7 Å². The van der Waals surface area contributed by atoms with Crippen molar-refractivity contribution in [3.63, 3.8) is 0 Å². The predicted octanol–water partition coefficient (Wildman–Crippen LogP) is 4.25. The van der Waals surface area contributed by atoms with E-state index in [2.05, 4.69) is 5.32 Å². The Labute approximate surface area is 239 Å². The molecule has 1 aliphatic heterocycles. The molecule has 1 aliphatic rings. The zero-order valence-corrected chi connectivity index (χ0v) is 24.0. The molecule has 1 heterocycles. The van der Waals surface area contributed by atoms with Gasteiger partial charge in [-0.2, -0.15) is 0 Å². The molecule has 0 saturated carbocycles. The summed E-state index contributed by atoms with van der Waals surface area (Å²) in [6.45, 7) is 4.14. The maximum atomic E-state index is 14.1. The van der Waals surface area contributed by atoms with Crippen molar-refractivity contribution in [1.82, 2.24) is 10.2 Å². The number of anilines is 1. The molecule has 212 valence electrons. The van der Waals surface area contributed by atoms with Gasteiger partial charge in [0.1, 0.15) is 25.8 Å². The van der Waals surface area contributed by atoms with Crippen molar-refractivity contribution in [3.05, 3.63) is 83.4 Å². The molecule has 2 amide bonds. The summed E-state index contributed by atoms with van der Waals surface area (Å²) < 4.78 is 40.2. The van der Waals surface area contributed by atoms with Gasteiger partial charge in [0, 0.05) is 24.2 Å². The number of likely N-dealkylation sites (N-methyl/N-ethyl adjacent to an activating group) is 1. The van der Waals surface area contributed by atoms with E-state index in [-0.39, 0.29) is 23.0 Å². The Morgan fingerprint density at radius 1 is 0.950 bits per heavy atom. The number of hydrogen-bond acceptors (Lipinski definition) is 6. The van der Waals surface area contributed by atoms with Crippen LogP contribution in [-0.2, 0) is 26.2 Å². The smallest absolute Gasteiger partial charge is 0.264 e. The molecule has 4 rings (SSSR count). The minimum Gasteiger partial charge on any atom is -0.486 e. The lowest BCUT2D eigenvalue weighted by atomic mass is 10.1. The number of hydrogen-bond donors (Lipinski definition) is 1. The number of nitrogens with one attached hydrogen (secondary N) is 1. The number of halogens is 1. The van der Waals surface area contributed by atoms with Crippen LogP contribution in [0.5, 0.6) is 11.5 Å². The SMILES string of the molecule is CCNC(=O)C(CC)N(Cc1ccccc1Cl)C(=O)CN(c1ccc2c(c1)OCCO2)S(=O)(=O)c1ccccc1. The lowest BCUT2D eigenvalue weighted by Gasteiger charge is -2.33. The number of fused-ring (bicyclic) bond motifs is 1. The number of sulfonamides is 1. The van der Waals surface area contributed by atoms with Crippen molar-refractivity contribution in [2.75, 3.05) is 30.6 Å². The van der Waals surface area contributed by atoms with Crippen LogP contribution in [-0.4, -0.2) is 57.5 Å². The molecule has 1 unspecified atom stereocenters. The van der Waals surface area contributed by atoms with Gasteiger partial charge in [-0.15, -0.1) is 0 Å². The van der Waals surface area contributed by atoms with Crippen molar-refractivity contribution in [2.24, 2.45) is 0 Å². The van der Waals surface area contributed by atoms with Crippen molar-refractivity contribution >= 4 is 39.1 Å². The first kappa shape index (κ1) is 29.2. The fraction of sp³-hybridized carbons (Fsp3) is 0.310. The second-order valence-electron chi connectivity index (χ2n) is 9.08. The highest BCUT2D eigenvalue weighted by molar-refractivity contribution is 7.92. The van der Waals surface area contributed by atoms with E-state index in [0.29, 0.717) is 48.3 Å². The molecular weight excluding hydrogens is 554 g/mol. The van der Waals surface area contributed by atoms with Crippen molar-refractivity contribution in [1.29, 1.82) is 0 Å². The highest BCUT2D eigenvalue weighted by atomic mass is 35.5.